The fourth-order valence-electron chi connectivity index (χ4n) is 1.67. The number of imidazole rings is 1. The van der Waals surface area contributed by atoms with E-state index in [1.54, 1.807) is 30.1 Å². The molecular weight excluding hydrogens is 271 g/mol. The third kappa shape index (κ3) is 3.51. The smallest absolute Gasteiger partial charge is 0.350 e. The van der Waals surface area contributed by atoms with Crippen LogP contribution in [0, 0.1) is 0 Å². The third-order valence-electron chi connectivity index (χ3n) is 2.52. The molecule has 0 fully saturated rings. The molecule has 0 saturated heterocycles. The molecule has 8 nitrogen and oxygen atoms in total. The van der Waals surface area contributed by atoms with Gasteiger partial charge in [-0.15, -0.1) is 0 Å². The quantitative estimate of drug-likeness (QED) is 0.686. The van der Waals surface area contributed by atoms with Crippen molar-refractivity contribution < 1.29 is 19.1 Å². The van der Waals surface area contributed by atoms with Crippen LogP contribution in [0.5, 0.6) is 0 Å². The zero-order valence-corrected chi connectivity index (χ0v) is 11.2. The zero-order chi connectivity index (χ0) is 14.0. The van der Waals surface area contributed by atoms with Crippen LogP contribution < -0.4 is 5.73 Å². The van der Waals surface area contributed by atoms with E-state index in [1.165, 1.54) is 0 Å². The molecule has 2 aromatic heterocycles. The predicted octanol–water partition coefficient (Wildman–Crippen LogP) is 0.554. The molecule has 0 aliphatic carbocycles. The van der Waals surface area contributed by atoms with Gasteiger partial charge in [-0.2, -0.15) is 0 Å². The number of hydrogen-bond donors (Lipinski definition) is 3. The van der Waals surface area contributed by atoms with Gasteiger partial charge in [-0.1, -0.05) is 0 Å². The normalized spacial score (nSPS) is 13.8. The average Bonchev–Trinajstić information content (AvgIpc) is 2.71. The first kappa shape index (κ1) is 14.0. The Bertz CT molecular complexity index is 623. The fourth-order valence-corrected chi connectivity index (χ4v) is 2.12. The second-order valence-corrected chi connectivity index (χ2v) is 5.83. The number of nitrogens with two attached hydrogens (primary N) is 1. The molecule has 0 unspecified atom stereocenters. The van der Waals surface area contributed by atoms with Crippen LogP contribution in [0.15, 0.2) is 18.6 Å². The molecule has 104 valence electrons. The Morgan fingerprint density at radius 1 is 1.53 bits per heavy atom. The molecule has 0 spiro atoms. The van der Waals surface area contributed by atoms with Gasteiger partial charge < -0.3 is 24.8 Å². The molecule has 0 radical (unpaired) electrons. The van der Waals surface area contributed by atoms with E-state index in [2.05, 4.69) is 9.97 Å². The summed E-state index contributed by atoms with van der Waals surface area (Å²) in [7, 11) is -4.15. The maximum Gasteiger partial charge on any atom is 0.350 e. The average molecular weight is 286 g/mol. The summed E-state index contributed by atoms with van der Waals surface area (Å²) < 4.78 is 17.5. The van der Waals surface area contributed by atoms with Crippen LogP contribution in [0.3, 0.4) is 0 Å². The number of ether oxygens (including phenoxy) is 1. The highest BCUT2D eigenvalue weighted by molar-refractivity contribution is 7.51. The Hall–Kier alpha value is -1.47. The van der Waals surface area contributed by atoms with Gasteiger partial charge >= 0.3 is 7.60 Å². The van der Waals surface area contributed by atoms with Crippen molar-refractivity contribution in [2.24, 2.45) is 0 Å². The molecule has 2 aromatic rings. The Morgan fingerprint density at radius 2 is 2.26 bits per heavy atom. The van der Waals surface area contributed by atoms with E-state index in [0.29, 0.717) is 23.4 Å². The molecule has 2 heterocycles. The number of nitrogens with zero attached hydrogens (tertiary/aromatic N) is 3. The van der Waals surface area contributed by atoms with Crippen LogP contribution in [0.1, 0.15) is 6.92 Å². The Morgan fingerprint density at radius 3 is 2.95 bits per heavy atom. The summed E-state index contributed by atoms with van der Waals surface area (Å²) in [6.07, 6.45) is 2.17. The first-order valence-electron chi connectivity index (χ1n) is 5.58. The van der Waals surface area contributed by atoms with Crippen molar-refractivity contribution in [1.29, 1.82) is 0 Å². The highest BCUT2D eigenvalue weighted by Gasteiger charge is 2.16. The second kappa shape index (κ2) is 5.26. The van der Waals surface area contributed by atoms with Gasteiger partial charge in [-0.05, 0) is 13.0 Å². The van der Waals surface area contributed by atoms with Crippen molar-refractivity contribution in [3.05, 3.63) is 18.6 Å². The Kier molecular flexibility index (Phi) is 3.86. The molecule has 1 atom stereocenters. The summed E-state index contributed by atoms with van der Waals surface area (Å²) in [6.45, 7) is 2.10. The monoisotopic (exact) mass is 286 g/mol. The molecule has 9 heteroatoms. The Balaban J connectivity index is 2.09. The molecule has 0 aromatic carbocycles. The summed E-state index contributed by atoms with van der Waals surface area (Å²) in [5.74, 6) is 0. The Labute approximate surface area is 109 Å². The maximum absolute atomic E-state index is 10.7. The summed E-state index contributed by atoms with van der Waals surface area (Å²) in [5.41, 5.74) is 7.52. The lowest BCUT2D eigenvalue weighted by Crippen LogP contribution is -2.17. The van der Waals surface area contributed by atoms with Crippen molar-refractivity contribution in [3.63, 3.8) is 0 Å². The summed E-state index contributed by atoms with van der Waals surface area (Å²) in [6, 6.07) is 1.66. The van der Waals surface area contributed by atoms with Gasteiger partial charge in [0.25, 0.3) is 0 Å². The largest absolute Gasteiger partial charge is 0.397 e. The molecule has 0 amide bonds. The summed E-state index contributed by atoms with van der Waals surface area (Å²) in [4.78, 5) is 25.8. The van der Waals surface area contributed by atoms with Crippen molar-refractivity contribution in [1.82, 2.24) is 14.5 Å². The molecule has 0 bridgehead atoms. The van der Waals surface area contributed by atoms with Crippen molar-refractivity contribution in [2.75, 3.05) is 12.1 Å². The predicted molar refractivity (Wildman–Crippen MR) is 69.4 cm³/mol. The summed E-state index contributed by atoms with van der Waals surface area (Å²) in [5, 5.41) is 0. The topological polar surface area (TPSA) is 123 Å². The van der Waals surface area contributed by atoms with Crippen LogP contribution >= 0.6 is 7.60 Å². The minimum Gasteiger partial charge on any atom is -0.397 e. The number of rotatable bonds is 5. The highest BCUT2D eigenvalue weighted by Crippen LogP contribution is 2.34. The molecule has 4 N–H and O–H groups in total. The van der Waals surface area contributed by atoms with Gasteiger partial charge in [-0.3, -0.25) is 4.57 Å². The molecule has 0 aliphatic heterocycles. The van der Waals surface area contributed by atoms with E-state index >= 15 is 0 Å². The van der Waals surface area contributed by atoms with Gasteiger partial charge in [0.05, 0.1) is 24.7 Å². The van der Waals surface area contributed by atoms with E-state index in [4.69, 9.17) is 20.3 Å². The number of pyridine rings is 1. The minimum atomic E-state index is -4.15. The number of aromatic nitrogens is 3. The molecular formula is C10H15N4O4P. The van der Waals surface area contributed by atoms with E-state index in [-0.39, 0.29) is 6.10 Å². The fraction of sp³-hybridized carbons (Fsp3) is 0.400. The number of anilines is 1. The highest BCUT2D eigenvalue weighted by atomic mass is 31.2. The molecule has 0 saturated carbocycles. The first-order valence-corrected chi connectivity index (χ1v) is 7.38. The van der Waals surface area contributed by atoms with Crippen LogP contribution in [-0.4, -0.2) is 36.8 Å². The van der Waals surface area contributed by atoms with Gasteiger partial charge in [-0.25, -0.2) is 9.97 Å². The van der Waals surface area contributed by atoms with Crippen LogP contribution in [-0.2, 0) is 15.8 Å². The van der Waals surface area contributed by atoms with Crippen LogP contribution in [0.2, 0.25) is 0 Å². The number of fused-ring (bicyclic) bond motifs is 1. The third-order valence-corrected chi connectivity index (χ3v) is 3.00. The lowest BCUT2D eigenvalue weighted by atomic mass is 10.3. The van der Waals surface area contributed by atoms with Crippen molar-refractivity contribution in [3.8, 4) is 0 Å². The van der Waals surface area contributed by atoms with Crippen molar-refractivity contribution >= 4 is 24.4 Å². The minimum absolute atomic E-state index is 0.381. The second-order valence-electron chi connectivity index (χ2n) is 4.24. The lowest BCUT2D eigenvalue weighted by Gasteiger charge is -2.14. The number of hydrogen-bond acceptors (Lipinski definition) is 5. The van der Waals surface area contributed by atoms with Gasteiger partial charge in [0.2, 0.25) is 0 Å². The van der Waals surface area contributed by atoms with Gasteiger partial charge in [0, 0.05) is 6.20 Å². The van der Waals surface area contributed by atoms with E-state index < -0.39 is 13.9 Å². The standard InChI is InChI=1S/C10H15N4O4P/c1-7(18-6-19(15,16)17)4-14-5-13-9-8(11)2-3-12-10(9)14/h2-3,5,7H,4,6H2,1H3,(H2,11,12)(H2,15,16,17)/t7-/m1/s1. The molecule has 19 heavy (non-hydrogen) atoms. The SMILES string of the molecule is C[C@H](Cn1cnc2c(N)ccnc21)OCP(=O)(O)O. The van der Waals surface area contributed by atoms with E-state index in [1.807, 2.05) is 0 Å². The van der Waals surface area contributed by atoms with E-state index in [0.717, 1.165) is 0 Å². The summed E-state index contributed by atoms with van der Waals surface area (Å²) >= 11 is 0. The first-order chi connectivity index (χ1) is 8.87. The van der Waals surface area contributed by atoms with Crippen LogP contribution in [0.4, 0.5) is 5.69 Å². The van der Waals surface area contributed by atoms with E-state index in [9.17, 15) is 4.57 Å². The van der Waals surface area contributed by atoms with Crippen LogP contribution in [0.25, 0.3) is 11.2 Å². The molecule has 2 rings (SSSR count). The maximum atomic E-state index is 10.7. The van der Waals surface area contributed by atoms with Crippen molar-refractivity contribution in [2.45, 2.75) is 19.6 Å². The molecule has 0 aliphatic rings. The van der Waals surface area contributed by atoms with Gasteiger partial charge in [0.15, 0.2) is 5.65 Å². The number of nitrogen functional groups attached to an aromatic ring is 1. The lowest BCUT2D eigenvalue weighted by molar-refractivity contribution is 0.0764. The van der Waals surface area contributed by atoms with Gasteiger partial charge in [0.1, 0.15) is 11.9 Å². The zero-order valence-electron chi connectivity index (χ0n) is 10.3.